The van der Waals surface area contributed by atoms with Crippen LogP contribution >= 0.6 is 11.8 Å². The average Bonchev–Trinajstić information content (AvgIpc) is 2.72. The van der Waals surface area contributed by atoms with Crippen molar-refractivity contribution < 1.29 is 4.79 Å². The minimum Gasteiger partial charge on any atom is -0.353 e. The van der Waals surface area contributed by atoms with Crippen LogP contribution in [0.4, 0.5) is 0 Å². The van der Waals surface area contributed by atoms with Gasteiger partial charge in [0, 0.05) is 6.04 Å². The van der Waals surface area contributed by atoms with Crippen LogP contribution in [0.5, 0.6) is 0 Å². The standard InChI is InChI=1S/C22H25N3O2S/c1-4-15(3)23-20(26)14-28-22-24-19-9-7-6-8-18(19)21(27)25(22)17-12-10-16(5-2)11-13-17/h6-13,15H,4-5,14H2,1-3H3,(H,23,26)/t15-/m1/s1. The Morgan fingerprint density at radius 2 is 1.86 bits per heavy atom. The largest absolute Gasteiger partial charge is 0.353 e. The molecule has 1 aromatic heterocycles. The molecule has 0 fully saturated rings. The van der Waals surface area contributed by atoms with E-state index >= 15 is 0 Å². The molecule has 2 aromatic carbocycles. The van der Waals surface area contributed by atoms with Crippen molar-refractivity contribution in [1.82, 2.24) is 14.9 Å². The lowest BCUT2D eigenvalue weighted by Crippen LogP contribution is -2.33. The molecule has 0 saturated heterocycles. The van der Waals surface area contributed by atoms with Crippen LogP contribution in [-0.4, -0.2) is 27.3 Å². The molecule has 0 aliphatic heterocycles. The summed E-state index contributed by atoms with van der Waals surface area (Å²) in [7, 11) is 0. The number of aryl methyl sites for hydroxylation is 1. The van der Waals surface area contributed by atoms with E-state index in [9.17, 15) is 9.59 Å². The summed E-state index contributed by atoms with van der Waals surface area (Å²) in [6.45, 7) is 6.10. The first kappa shape index (κ1) is 20.1. The van der Waals surface area contributed by atoms with Gasteiger partial charge in [0.1, 0.15) is 0 Å². The fourth-order valence-electron chi connectivity index (χ4n) is 2.87. The van der Waals surface area contributed by atoms with E-state index in [4.69, 9.17) is 0 Å². The molecule has 3 aromatic rings. The first-order valence-electron chi connectivity index (χ1n) is 9.56. The lowest BCUT2D eigenvalue weighted by molar-refractivity contribution is -0.119. The number of benzene rings is 2. The van der Waals surface area contributed by atoms with E-state index < -0.39 is 0 Å². The van der Waals surface area contributed by atoms with Crippen LogP contribution in [0.1, 0.15) is 32.8 Å². The number of nitrogens with zero attached hydrogens (tertiary/aromatic N) is 2. The summed E-state index contributed by atoms with van der Waals surface area (Å²) in [5.41, 5.74) is 2.47. The SMILES string of the molecule is CCc1ccc(-n2c(SCC(=O)N[C@H](C)CC)nc3ccccc3c2=O)cc1. The predicted molar refractivity (Wildman–Crippen MR) is 115 cm³/mol. The molecule has 5 nitrogen and oxygen atoms in total. The third-order valence-electron chi connectivity index (χ3n) is 4.70. The van der Waals surface area contributed by atoms with Gasteiger partial charge in [0.2, 0.25) is 5.91 Å². The summed E-state index contributed by atoms with van der Waals surface area (Å²) in [5, 5.41) is 4.04. The quantitative estimate of drug-likeness (QED) is 0.486. The summed E-state index contributed by atoms with van der Waals surface area (Å²) in [6.07, 6.45) is 1.81. The van der Waals surface area contributed by atoms with E-state index in [1.807, 2.05) is 56.3 Å². The van der Waals surface area contributed by atoms with E-state index in [2.05, 4.69) is 17.2 Å². The van der Waals surface area contributed by atoms with Gasteiger partial charge < -0.3 is 5.32 Å². The normalized spacial score (nSPS) is 12.1. The second kappa shape index (κ2) is 9.06. The fraction of sp³-hybridized carbons (Fsp3) is 0.318. The lowest BCUT2D eigenvalue weighted by atomic mass is 10.1. The molecule has 1 amide bonds. The zero-order valence-corrected chi connectivity index (χ0v) is 17.3. The smallest absolute Gasteiger partial charge is 0.266 e. The molecule has 0 aliphatic carbocycles. The van der Waals surface area contributed by atoms with Crippen molar-refractivity contribution in [2.45, 2.75) is 44.8 Å². The maximum atomic E-state index is 13.2. The van der Waals surface area contributed by atoms with Gasteiger partial charge in [-0.25, -0.2) is 4.98 Å². The molecule has 146 valence electrons. The minimum absolute atomic E-state index is 0.0605. The Balaban J connectivity index is 2.01. The lowest BCUT2D eigenvalue weighted by Gasteiger charge is -2.14. The summed E-state index contributed by atoms with van der Waals surface area (Å²) in [5.74, 6) is 0.150. The summed E-state index contributed by atoms with van der Waals surface area (Å²) in [6, 6.07) is 15.3. The van der Waals surface area contributed by atoms with Crippen LogP contribution < -0.4 is 10.9 Å². The van der Waals surface area contributed by atoms with Gasteiger partial charge in [0.05, 0.1) is 22.3 Å². The van der Waals surface area contributed by atoms with E-state index in [1.165, 1.54) is 17.3 Å². The molecule has 28 heavy (non-hydrogen) atoms. The zero-order valence-electron chi connectivity index (χ0n) is 16.4. The zero-order chi connectivity index (χ0) is 20.1. The van der Waals surface area contributed by atoms with E-state index in [0.717, 1.165) is 18.5 Å². The van der Waals surface area contributed by atoms with Crippen LogP contribution in [0.25, 0.3) is 16.6 Å². The van der Waals surface area contributed by atoms with Crippen molar-refractivity contribution >= 4 is 28.6 Å². The highest BCUT2D eigenvalue weighted by Crippen LogP contribution is 2.21. The van der Waals surface area contributed by atoms with Crippen LogP contribution in [0.15, 0.2) is 58.5 Å². The maximum Gasteiger partial charge on any atom is 0.266 e. The van der Waals surface area contributed by atoms with E-state index in [0.29, 0.717) is 16.1 Å². The fourth-order valence-corrected chi connectivity index (χ4v) is 3.69. The number of carbonyl (C=O) groups excluding carboxylic acids is 1. The third-order valence-corrected chi connectivity index (χ3v) is 5.64. The molecular formula is C22H25N3O2S. The number of aromatic nitrogens is 2. The molecule has 0 saturated carbocycles. The first-order chi connectivity index (χ1) is 13.5. The molecule has 0 bridgehead atoms. The molecule has 1 N–H and O–H groups in total. The number of fused-ring (bicyclic) bond motifs is 1. The summed E-state index contributed by atoms with van der Waals surface area (Å²) in [4.78, 5) is 30.1. The Morgan fingerprint density at radius 1 is 1.14 bits per heavy atom. The highest BCUT2D eigenvalue weighted by molar-refractivity contribution is 7.99. The topological polar surface area (TPSA) is 64.0 Å². The number of amides is 1. The Bertz CT molecular complexity index is 1030. The van der Waals surface area contributed by atoms with Crippen molar-refractivity contribution in [2.24, 2.45) is 0 Å². The number of thioether (sulfide) groups is 1. The monoisotopic (exact) mass is 395 g/mol. The molecule has 1 heterocycles. The van der Waals surface area contributed by atoms with Crippen LogP contribution in [0, 0.1) is 0 Å². The Hall–Kier alpha value is -2.60. The number of rotatable bonds is 7. The van der Waals surface area contributed by atoms with Gasteiger partial charge in [-0.3, -0.25) is 14.2 Å². The van der Waals surface area contributed by atoms with Gasteiger partial charge in [-0.05, 0) is 49.6 Å². The number of para-hydroxylation sites is 1. The number of carbonyl (C=O) groups is 1. The molecule has 3 rings (SSSR count). The minimum atomic E-state index is -0.125. The highest BCUT2D eigenvalue weighted by atomic mass is 32.2. The van der Waals surface area contributed by atoms with E-state index in [1.54, 1.807) is 10.6 Å². The Morgan fingerprint density at radius 3 is 2.54 bits per heavy atom. The average molecular weight is 396 g/mol. The van der Waals surface area contributed by atoms with Crippen LogP contribution in [0.2, 0.25) is 0 Å². The van der Waals surface area contributed by atoms with Gasteiger partial charge in [-0.1, -0.05) is 49.9 Å². The summed E-state index contributed by atoms with van der Waals surface area (Å²) >= 11 is 1.28. The second-order valence-corrected chi connectivity index (χ2v) is 7.68. The van der Waals surface area contributed by atoms with Gasteiger partial charge in [0.25, 0.3) is 5.56 Å². The van der Waals surface area contributed by atoms with Crippen molar-refractivity contribution in [3.05, 3.63) is 64.4 Å². The molecule has 0 aliphatic rings. The third kappa shape index (κ3) is 4.44. The van der Waals surface area contributed by atoms with Crippen molar-refractivity contribution in [1.29, 1.82) is 0 Å². The molecule has 0 radical (unpaired) electrons. The van der Waals surface area contributed by atoms with Gasteiger partial charge in [0.15, 0.2) is 5.16 Å². The molecule has 0 spiro atoms. The number of hydrogen-bond acceptors (Lipinski definition) is 4. The van der Waals surface area contributed by atoms with Crippen molar-refractivity contribution in [2.75, 3.05) is 5.75 Å². The predicted octanol–water partition coefficient (Wildman–Crippen LogP) is 3.95. The highest BCUT2D eigenvalue weighted by Gasteiger charge is 2.15. The van der Waals surface area contributed by atoms with Crippen molar-refractivity contribution in [3.63, 3.8) is 0 Å². The molecule has 1 atom stereocenters. The molecule has 0 unspecified atom stereocenters. The van der Waals surface area contributed by atoms with Gasteiger partial charge >= 0.3 is 0 Å². The Kier molecular flexibility index (Phi) is 6.52. The van der Waals surface area contributed by atoms with Gasteiger partial charge in [-0.2, -0.15) is 0 Å². The second-order valence-electron chi connectivity index (χ2n) is 6.74. The number of hydrogen-bond donors (Lipinski definition) is 1. The van der Waals surface area contributed by atoms with Gasteiger partial charge in [-0.15, -0.1) is 0 Å². The number of nitrogens with one attached hydrogen (secondary N) is 1. The summed E-state index contributed by atoms with van der Waals surface area (Å²) < 4.78 is 1.60. The molecule has 6 heteroatoms. The molecular weight excluding hydrogens is 370 g/mol. The first-order valence-corrected chi connectivity index (χ1v) is 10.5. The van der Waals surface area contributed by atoms with Crippen LogP contribution in [-0.2, 0) is 11.2 Å². The maximum absolute atomic E-state index is 13.2. The van der Waals surface area contributed by atoms with Crippen molar-refractivity contribution in [3.8, 4) is 5.69 Å². The van der Waals surface area contributed by atoms with E-state index in [-0.39, 0.29) is 23.3 Å². The van der Waals surface area contributed by atoms with Crippen LogP contribution in [0.3, 0.4) is 0 Å². The Labute approximate surface area is 169 Å².